The number of aromatic nitrogens is 4. The van der Waals surface area contributed by atoms with Crippen LogP contribution in [0.2, 0.25) is 10.0 Å². The number of pyridine rings is 2. The number of benzene rings is 1. The van der Waals surface area contributed by atoms with Gasteiger partial charge in [0.15, 0.2) is 6.29 Å². The number of ether oxygens (including phenoxy) is 2. The Hall–Kier alpha value is -3.08. The highest BCUT2D eigenvalue weighted by Crippen LogP contribution is 2.33. The van der Waals surface area contributed by atoms with Crippen LogP contribution in [0.15, 0.2) is 53.6 Å². The maximum Gasteiger partial charge on any atom is 0.260 e. The largest absolute Gasteiger partial charge is 0.357 e. The van der Waals surface area contributed by atoms with Gasteiger partial charge in [0.1, 0.15) is 5.65 Å². The Morgan fingerprint density at radius 3 is 2.63 bits per heavy atom. The van der Waals surface area contributed by atoms with Crippen molar-refractivity contribution in [2.45, 2.75) is 18.9 Å². The zero-order chi connectivity index (χ0) is 24.5. The van der Waals surface area contributed by atoms with Gasteiger partial charge in [0, 0.05) is 46.5 Å². The Morgan fingerprint density at radius 2 is 1.91 bits per heavy atom. The molecule has 1 aliphatic heterocycles. The van der Waals surface area contributed by atoms with Gasteiger partial charge < -0.3 is 20.5 Å². The van der Waals surface area contributed by atoms with Crippen LogP contribution >= 0.6 is 23.2 Å². The molecular weight excluding hydrogens is 491 g/mol. The van der Waals surface area contributed by atoms with E-state index in [1.54, 1.807) is 49.8 Å². The summed E-state index contributed by atoms with van der Waals surface area (Å²) in [5.41, 5.74) is 8.33. The lowest BCUT2D eigenvalue weighted by molar-refractivity contribution is -0.191. The molecule has 1 saturated heterocycles. The Kier molecular flexibility index (Phi) is 6.68. The van der Waals surface area contributed by atoms with E-state index in [4.69, 9.17) is 38.4 Å². The molecule has 3 N–H and O–H groups in total. The molecule has 0 aliphatic carbocycles. The topological polar surface area (TPSA) is 117 Å². The SMILES string of the molecule is CNc1ncc2cc(-c3ccc(-c4ncccc4Cl)cc3Cl)c(=O)n(CC3OCC(N)CO3)c2n1. The van der Waals surface area contributed by atoms with E-state index in [0.717, 1.165) is 5.56 Å². The molecule has 9 nitrogen and oxygen atoms in total. The van der Waals surface area contributed by atoms with Crippen molar-refractivity contribution < 1.29 is 9.47 Å². The van der Waals surface area contributed by atoms with Gasteiger partial charge >= 0.3 is 0 Å². The number of halogens is 2. The third kappa shape index (κ3) is 4.73. The van der Waals surface area contributed by atoms with Gasteiger partial charge in [-0.2, -0.15) is 4.98 Å². The molecule has 0 radical (unpaired) electrons. The Labute approximate surface area is 210 Å². The number of nitrogens with one attached hydrogen (secondary N) is 1. The number of nitrogens with two attached hydrogens (primary N) is 1. The fourth-order valence-corrected chi connectivity index (χ4v) is 4.45. The lowest BCUT2D eigenvalue weighted by Crippen LogP contribution is -2.43. The normalized spacial score (nSPS) is 18.1. The van der Waals surface area contributed by atoms with E-state index >= 15 is 0 Å². The highest BCUT2D eigenvalue weighted by atomic mass is 35.5. The summed E-state index contributed by atoms with van der Waals surface area (Å²) in [6.45, 7) is 0.823. The molecule has 0 bridgehead atoms. The zero-order valence-corrected chi connectivity index (χ0v) is 20.3. The number of fused-ring (bicyclic) bond motifs is 1. The van der Waals surface area contributed by atoms with Gasteiger partial charge in [-0.25, -0.2) is 4.98 Å². The lowest BCUT2D eigenvalue weighted by atomic mass is 10.0. The van der Waals surface area contributed by atoms with Crippen LogP contribution in [0.4, 0.5) is 5.95 Å². The van der Waals surface area contributed by atoms with Crippen molar-refractivity contribution in [1.29, 1.82) is 0 Å². The maximum absolute atomic E-state index is 13.7. The van der Waals surface area contributed by atoms with Crippen molar-refractivity contribution >= 4 is 40.2 Å². The molecule has 0 atom stereocenters. The summed E-state index contributed by atoms with van der Waals surface area (Å²) in [5.74, 6) is 0.389. The minimum Gasteiger partial charge on any atom is -0.357 e. The molecule has 3 aromatic heterocycles. The zero-order valence-electron chi connectivity index (χ0n) is 18.7. The Balaban J connectivity index is 1.62. The van der Waals surface area contributed by atoms with Crippen LogP contribution in [0.3, 0.4) is 0 Å². The average molecular weight is 513 g/mol. The Bertz CT molecular complexity index is 1450. The van der Waals surface area contributed by atoms with Crippen LogP contribution in [0, 0.1) is 0 Å². The van der Waals surface area contributed by atoms with Crippen molar-refractivity contribution in [2.24, 2.45) is 5.73 Å². The average Bonchev–Trinajstić information content (AvgIpc) is 2.87. The molecule has 4 heterocycles. The van der Waals surface area contributed by atoms with Crippen LogP contribution in [0.5, 0.6) is 0 Å². The predicted molar refractivity (Wildman–Crippen MR) is 136 cm³/mol. The highest BCUT2D eigenvalue weighted by Gasteiger charge is 2.23. The van der Waals surface area contributed by atoms with Crippen LogP contribution in [-0.2, 0) is 16.0 Å². The molecule has 1 fully saturated rings. The molecule has 5 rings (SSSR count). The first kappa shape index (κ1) is 23.7. The van der Waals surface area contributed by atoms with Crippen LogP contribution in [0.25, 0.3) is 33.4 Å². The third-order valence-corrected chi connectivity index (χ3v) is 6.28. The minimum absolute atomic E-state index is 0.134. The van der Waals surface area contributed by atoms with Gasteiger partial charge in [0.2, 0.25) is 5.95 Å². The van der Waals surface area contributed by atoms with Crippen molar-refractivity contribution in [3.63, 3.8) is 0 Å². The van der Waals surface area contributed by atoms with Gasteiger partial charge in [0.25, 0.3) is 5.56 Å². The van der Waals surface area contributed by atoms with Crippen molar-refractivity contribution in [3.05, 3.63) is 69.2 Å². The number of hydrogen-bond donors (Lipinski definition) is 2. The molecule has 1 aliphatic rings. The molecule has 0 unspecified atom stereocenters. The summed E-state index contributed by atoms with van der Waals surface area (Å²) in [6, 6.07) is 10.4. The van der Waals surface area contributed by atoms with Gasteiger partial charge in [-0.3, -0.25) is 14.3 Å². The molecule has 180 valence electrons. The fraction of sp³-hybridized carbons (Fsp3) is 0.250. The van der Waals surface area contributed by atoms with E-state index in [0.29, 0.717) is 57.1 Å². The summed E-state index contributed by atoms with van der Waals surface area (Å²) >= 11 is 13.0. The smallest absolute Gasteiger partial charge is 0.260 e. The van der Waals surface area contributed by atoms with Crippen LogP contribution < -0.4 is 16.6 Å². The maximum atomic E-state index is 13.7. The van der Waals surface area contributed by atoms with E-state index in [1.165, 1.54) is 4.57 Å². The quantitative estimate of drug-likeness (QED) is 0.416. The van der Waals surface area contributed by atoms with Gasteiger partial charge in [0.05, 0.1) is 36.5 Å². The van der Waals surface area contributed by atoms with E-state index in [2.05, 4.69) is 20.3 Å². The van der Waals surface area contributed by atoms with E-state index < -0.39 is 6.29 Å². The van der Waals surface area contributed by atoms with Gasteiger partial charge in [-0.15, -0.1) is 0 Å². The summed E-state index contributed by atoms with van der Waals surface area (Å²) < 4.78 is 12.9. The molecule has 35 heavy (non-hydrogen) atoms. The van der Waals surface area contributed by atoms with E-state index in [-0.39, 0.29) is 18.1 Å². The van der Waals surface area contributed by atoms with E-state index in [9.17, 15) is 4.79 Å². The highest BCUT2D eigenvalue weighted by molar-refractivity contribution is 6.34. The third-order valence-electron chi connectivity index (χ3n) is 5.67. The van der Waals surface area contributed by atoms with Gasteiger partial charge in [-0.1, -0.05) is 35.3 Å². The number of rotatable bonds is 5. The standard InChI is InChI=1S/C24H22Cl2N6O3/c1-28-24-30-9-14-7-17(16-5-4-13(8-19(16)26)21-18(25)3-2-6-29-21)23(33)32(22(14)31-24)10-20-34-11-15(27)12-35-20/h2-9,15,20H,10-12,27H2,1H3,(H,28,30,31). The minimum atomic E-state index is -0.636. The van der Waals surface area contributed by atoms with Crippen molar-refractivity contribution in [2.75, 3.05) is 25.6 Å². The van der Waals surface area contributed by atoms with Crippen molar-refractivity contribution in [3.8, 4) is 22.4 Å². The van der Waals surface area contributed by atoms with Gasteiger partial charge in [-0.05, 0) is 24.3 Å². The predicted octanol–water partition coefficient (Wildman–Crippen LogP) is 3.57. The summed E-state index contributed by atoms with van der Waals surface area (Å²) in [7, 11) is 1.71. The first-order chi connectivity index (χ1) is 16.9. The Morgan fingerprint density at radius 1 is 1.11 bits per heavy atom. The number of anilines is 1. The van der Waals surface area contributed by atoms with Crippen molar-refractivity contribution in [1.82, 2.24) is 19.5 Å². The van der Waals surface area contributed by atoms with E-state index in [1.807, 2.05) is 6.07 Å². The van der Waals surface area contributed by atoms with Crippen LogP contribution in [0.1, 0.15) is 0 Å². The molecule has 0 saturated carbocycles. The fourth-order valence-electron chi connectivity index (χ4n) is 3.93. The first-order valence-corrected chi connectivity index (χ1v) is 11.7. The second kappa shape index (κ2) is 9.88. The molecule has 11 heteroatoms. The lowest BCUT2D eigenvalue weighted by Gasteiger charge is -2.28. The summed E-state index contributed by atoms with van der Waals surface area (Å²) in [5, 5.41) is 4.46. The first-order valence-electron chi connectivity index (χ1n) is 10.9. The summed E-state index contributed by atoms with van der Waals surface area (Å²) in [6.07, 6.45) is 2.68. The number of hydrogen-bond acceptors (Lipinski definition) is 8. The summed E-state index contributed by atoms with van der Waals surface area (Å²) in [4.78, 5) is 26.9. The second-order valence-electron chi connectivity index (χ2n) is 8.08. The molecule has 0 spiro atoms. The number of nitrogens with zero attached hydrogens (tertiary/aromatic N) is 4. The second-order valence-corrected chi connectivity index (χ2v) is 8.90. The molecule has 1 aromatic carbocycles. The molecule has 4 aromatic rings. The monoisotopic (exact) mass is 512 g/mol. The molecule has 0 amide bonds. The molecular formula is C24H22Cl2N6O3. The van der Waals surface area contributed by atoms with Crippen LogP contribution in [-0.4, -0.2) is 52.1 Å².